The van der Waals surface area contributed by atoms with Gasteiger partial charge < -0.3 is 0 Å². The number of hydrogen-bond acceptors (Lipinski definition) is 1. The molecule has 0 radical (unpaired) electrons. The number of benzene rings is 1. The van der Waals surface area contributed by atoms with Crippen molar-refractivity contribution < 1.29 is 16.5 Å². The van der Waals surface area contributed by atoms with Gasteiger partial charge in [0.1, 0.15) is 0 Å². The van der Waals surface area contributed by atoms with Gasteiger partial charge in [-0.15, -0.1) is 0 Å². The summed E-state index contributed by atoms with van der Waals surface area (Å²) < 4.78 is 0. The van der Waals surface area contributed by atoms with Gasteiger partial charge in [-0.1, -0.05) is 18.2 Å². The van der Waals surface area contributed by atoms with Crippen molar-refractivity contribution in [1.82, 2.24) is 0 Å². The molecule has 0 heterocycles. The molecule has 0 aromatic heterocycles. The van der Waals surface area contributed by atoms with E-state index in [0.29, 0.717) is 5.56 Å². The molecule has 0 saturated heterocycles. The first-order chi connectivity index (χ1) is 5.35. The van der Waals surface area contributed by atoms with Gasteiger partial charge in [-0.3, -0.25) is 0 Å². The second-order valence-corrected chi connectivity index (χ2v) is 4.81. The summed E-state index contributed by atoms with van der Waals surface area (Å²) >= 11 is -0.472. The van der Waals surface area contributed by atoms with E-state index >= 15 is 0 Å². The monoisotopic (exact) mass is 368 g/mol. The molecule has 62 valence electrons. The molecule has 0 aliphatic carbocycles. The molecule has 1 rings (SSSR count). The summed E-state index contributed by atoms with van der Waals surface area (Å²) in [7, 11) is 9.75. The van der Waals surface area contributed by atoms with Gasteiger partial charge >= 0.3 is 35.3 Å². The van der Waals surface area contributed by atoms with E-state index in [9.17, 15) is 0 Å². The standard InChI is InChI=1S/C7H5N.2ClH.Pt/c8-6-7-4-2-1-3-5-7;;;/h1-5H;2*1H;/q;;;+2/p-2. The van der Waals surface area contributed by atoms with Crippen molar-refractivity contribution >= 4 is 18.8 Å². The van der Waals surface area contributed by atoms with Crippen LogP contribution in [0.4, 0.5) is 0 Å². The van der Waals surface area contributed by atoms with Crippen molar-refractivity contribution in [2.75, 3.05) is 0 Å². The summed E-state index contributed by atoms with van der Waals surface area (Å²) in [5.41, 5.74) is 0.715. The van der Waals surface area contributed by atoms with Gasteiger partial charge in [0.25, 0.3) is 0 Å². The van der Waals surface area contributed by atoms with Gasteiger partial charge in [0.05, 0.1) is 11.6 Å². The van der Waals surface area contributed by atoms with Crippen molar-refractivity contribution in [3.8, 4) is 6.07 Å². The van der Waals surface area contributed by atoms with Gasteiger partial charge in [-0.2, -0.15) is 5.26 Å². The maximum atomic E-state index is 8.29. The first-order valence-electron chi connectivity index (χ1n) is 2.62. The molecule has 0 spiro atoms. The maximum absolute atomic E-state index is 8.29. The van der Waals surface area contributed by atoms with Crippen LogP contribution in [0.15, 0.2) is 30.3 Å². The summed E-state index contributed by atoms with van der Waals surface area (Å²) in [5, 5.41) is 8.29. The minimum absolute atomic E-state index is 0.472. The van der Waals surface area contributed by atoms with Crippen LogP contribution in [-0.2, 0) is 16.5 Å². The number of hydrogen-bond donors (Lipinski definition) is 0. The zero-order valence-electron chi connectivity index (χ0n) is 5.41. The van der Waals surface area contributed by atoms with Crippen molar-refractivity contribution in [1.29, 1.82) is 5.26 Å². The molecule has 0 aliphatic rings. The summed E-state index contributed by atoms with van der Waals surface area (Å²) in [6, 6.07) is 11.2. The molecule has 0 atom stereocenters. The fourth-order valence-electron chi connectivity index (χ4n) is 0.513. The van der Waals surface area contributed by atoms with E-state index in [1.165, 1.54) is 0 Å². The molecule has 1 aromatic carbocycles. The predicted molar refractivity (Wildman–Crippen MR) is 42.9 cm³/mol. The van der Waals surface area contributed by atoms with Crippen LogP contribution < -0.4 is 0 Å². The molecule has 11 heavy (non-hydrogen) atoms. The van der Waals surface area contributed by atoms with Crippen molar-refractivity contribution in [3.05, 3.63) is 35.9 Å². The molecule has 0 N–H and O–H groups in total. The first kappa shape index (κ1) is 11.0. The van der Waals surface area contributed by atoms with Crippen LogP contribution in [0.3, 0.4) is 0 Å². The third-order valence-electron chi connectivity index (χ3n) is 0.903. The fourth-order valence-corrected chi connectivity index (χ4v) is 0.513. The van der Waals surface area contributed by atoms with Crippen LogP contribution in [0.2, 0.25) is 0 Å². The Kier molecular flexibility index (Phi) is 8.06. The zero-order chi connectivity index (χ0) is 8.53. The molecule has 0 fully saturated rings. The van der Waals surface area contributed by atoms with Crippen LogP contribution in [0.25, 0.3) is 0 Å². The summed E-state index contributed by atoms with van der Waals surface area (Å²) in [4.78, 5) is 0. The van der Waals surface area contributed by atoms with E-state index in [4.69, 9.17) is 24.1 Å². The second-order valence-electron chi connectivity index (χ2n) is 1.52. The van der Waals surface area contributed by atoms with E-state index < -0.39 is 16.5 Å². The molecule has 0 amide bonds. The van der Waals surface area contributed by atoms with Gasteiger partial charge in [0, 0.05) is 0 Å². The van der Waals surface area contributed by atoms with Crippen LogP contribution in [-0.4, -0.2) is 0 Å². The van der Waals surface area contributed by atoms with Crippen molar-refractivity contribution in [2.24, 2.45) is 0 Å². The van der Waals surface area contributed by atoms with Crippen LogP contribution in [0.5, 0.6) is 0 Å². The Morgan fingerprint density at radius 1 is 1.18 bits per heavy atom. The summed E-state index contributed by atoms with van der Waals surface area (Å²) in [6.45, 7) is 0. The molecule has 1 aromatic rings. The topological polar surface area (TPSA) is 23.8 Å². The summed E-state index contributed by atoms with van der Waals surface area (Å²) in [5.74, 6) is 0. The van der Waals surface area contributed by atoms with Crippen molar-refractivity contribution in [2.45, 2.75) is 0 Å². The normalized spacial score (nSPS) is 7.73. The molecule has 0 aliphatic heterocycles. The predicted octanol–water partition coefficient (Wildman–Crippen LogP) is 2.93. The quantitative estimate of drug-likeness (QED) is 0.690. The van der Waals surface area contributed by atoms with E-state index in [1.807, 2.05) is 24.3 Å². The first-order valence-corrected chi connectivity index (χ1v) is 8.25. The summed E-state index contributed by atoms with van der Waals surface area (Å²) in [6.07, 6.45) is 0. The van der Waals surface area contributed by atoms with Gasteiger partial charge in [0.2, 0.25) is 0 Å². The van der Waals surface area contributed by atoms with Crippen LogP contribution >= 0.6 is 18.8 Å². The molecule has 0 saturated carbocycles. The van der Waals surface area contributed by atoms with Crippen LogP contribution in [0.1, 0.15) is 5.56 Å². The SMILES string of the molecule is N#Cc1ccccc1.[Cl][Pt][Cl]. The average Bonchev–Trinajstić information content (AvgIpc) is 2.08. The van der Waals surface area contributed by atoms with Gasteiger partial charge in [-0.05, 0) is 12.1 Å². The average molecular weight is 369 g/mol. The van der Waals surface area contributed by atoms with Crippen LogP contribution in [0, 0.1) is 11.3 Å². The fraction of sp³-hybridized carbons (Fsp3) is 0. The van der Waals surface area contributed by atoms with Gasteiger partial charge in [0.15, 0.2) is 0 Å². The number of rotatable bonds is 0. The van der Waals surface area contributed by atoms with Crippen molar-refractivity contribution in [3.63, 3.8) is 0 Å². The van der Waals surface area contributed by atoms with E-state index in [2.05, 4.69) is 0 Å². The van der Waals surface area contributed by atoms with Gasteiger partial charge in [-0.25, -0.2) is 0 Å². The number of nitriles is 1. The molecular weight excluding hydrogens is 364 g/mol. The molecule has 4 heteroatoms. The van der Waals surface area contributed by atoms with E-state index in [0.717, 1.165) is 0 Å². The Labute approximate surface area is 82.3 Å². The Morgan fingerprint density at radius 3 is 1.91 bits per heavy atom. The van der Waals surface area contributed by atoms with E-state index in [-0.39, 0.29) is 0 Å². The Balaban J connectivity index is 0.000000292. The molecule has 0 bridgehead atoms. The third-order valence-corrected chi connectivity index (χ3v) is 0.903. The third kappa shape index (κ3) is 6.38. The molecule has 1 nitrogen and oxygen atoms in total. The minimum atomic E-state index is -0.472. The van der Waals surface area contributed by atoms with E-state index in [1.54, 1.807) is 12.1 Å². The Bertz CT molecular complexity index is 220. The number of halogens is 2. The molecule has 0 unspecified atom stereocenters. The number of nitrogens with zero attached hydrogens (tertiary/aromatic N) is 1. The Hall–Kier alpha value is -0.0217. The molecular formula is C7H5Cl2NPt. The Morgan fingerprint density at radius 2 is 1.64 bits per heavy atom. The zero-order valence-corrected chi connectivity index (χ0v) is 9.19. The second kappa shape index (κ2) is 8.08.